The van der Waals surface area contributed by atoms with Crippen molar-refractivity contribution >= 4 is 5.96 Å². The van der Waals surface area contributed by atoms with Crippen molar-refractivity contribution in [1.82, 2.24) is 15.5 Å². The van der Waals surface area contributed by atoms with Gasteiger partial charge in [0.1, 0.15) is 11.5 Å². The normalized spacial score (nSPS) is 15.7. The molecule has 1 aliphatic rings. The molecule has 2 aromatic rings. The Morgan fingerprint density at radius 3 is 2.52 bits per heavy atom. The molecule has 1 fully saturated rings. The molecule has 2 N–H and O–H groups in total. The number of aryl methyl sites for hydroxylation is 1. The van der Waals surface area contributed by atoms with E-state index in [0.717, 1.165) is 61.6 Å². The van der Waals surface area contributed by atoms with Crippen molar-refractivity contribution in [3.8, 4) is 11.5 Å². The van der Waals surface area contributed by atoms with Crippen LogP contribution in [0.25, 0.3) is 0 Å². The lowest BCUT2D eigenvalue weighted by molar-refractivity contribution is 0.219. The van der Waals surface area contributed by atoms with E-state index >= 15 is 0 Å². The maximum Gasteiger partial charge on any atom is 0.191 e. The van der Waals surface area contributed by atoms with Gasteiger partial charge in [0, 0.05) is 13.1 Å². The lowest BCUT2D eigenvalue weighted by atomic mass is 10.1. The topological polar surface area (TPSA) is 71.3 Å². The molecule has 1 aliphatic heterocycles. The zero-order valence-corrected chi connectivity index (χ0v) is 19.2. The second-order valence-electron chi connectivity index (χ2n) is 7.79. The number of nitrogens with zero attached hydrogens (tertiary/aromatic N) is 2. The third kappa shape index (κ3) is 6.40. The molecule has 7 heteroatoms. The summed E-state index contributed by atoms with van der Waals surface area (Å²) < 4.78 is 16.7. The van der Waals surface area contributed by atoms with Gasteiger partial charge in [0.25, 0.3) is 0 Å². The third-order valence-electron chi connectivity index (χ3n) is 5.59. The van der Waals surface area contributed by atoms with Gasteiger partial charge in [-0.05, 0) is 76.0 Å². The van der Waals surface area contributed by atoms with Gasteiger partial charge < -0.3 is 24.5 Å². The molecule has 1 aromatic heterocycles. The summed E-state index contributed by atoms with van der Waals surface area (Å²) in [4.78, 5) is 7.37. The lowest BCUT2D eigenvalue weighted by Gasteiger charge is -2.24. The summed E-state index contributed by atoms with van der Waals surface area (Å²) in [5, 5.41) is 6.81. The largest absolute Gasteiger partial charge is 0.493 e. The number of furan rings is 1. The maximum atomic E-state index is 5.96. The molecule has 170 valence electrons. The van der Waals surface area contributed by atoms with Crippen LogP contribution in [-0.4, -0.2) is 57.8 Å². The van der Waals surface area contributed by atoms with Crippen LogP contribution >= 0.6 is 0 Å². The number of guanidine groups is 1. The number of hydrogen-bond acceptors (Lipinski definition) is 5. The van der Waals surface area contributed by atoms with Crippen LogP contribution in [0.15, 0.2) is 39.7 Å². The Bertz CT molecular complexity index is 843. The first kappa shape index (κ1) is 23.0. The molecule has 1 unspecified atom stereocenters. The van der Waals surface area contributed by atoms with Crippen LogP contribution < -0.4 is 20.1 Å². The minimum atomic E-state index is 0.178. The minimum Gasteiger partial charge on any atom is -0.493 e. The predicted octanol–water partition coefficient (Wildman–Crippen LogP) is 3.54. The molecule has 0 bridgehead atoms. The molecule has 1 saturated heterocycles. The Morgan fingerprint density at radius 2 is 1.87 bits per heavy atom. The van der Waals surface area contributed by atoms with Gasteiger partial charge in [0.15, 0.2) is 17.5 Å². The number of rotatable bonds is 10. The van der Waals surface area contributed by atoms with Gasteiger partial charge in [-0.25, -0.2) is 0 Å². The quantitative estimate of drug-likeness (QED) is 0.446. The maximum absolute atomic E-state index is 5.96. The van der Waals surface area contributed by atoms with E-state index in [1.165, 1.54) is 18.4 Å². The average molecular weight is 429 g/mol. The highest BCUT2D eigenvalue weighted by atomic mass is 16.5. The van der Waals surface area contributed by atoms with Crippen LogP contribution in [-0.2, 0) is 6.42 Å². The number of nitrogens with one attached hydrogen (secondary N) is 2. The van der Waals surface area contributed by atoms with Crippen molar-refractivity contribution in [2.24, 2.45) is 4.99 Å². The van der Waals surface area contributed by atoms with Gasteiger partial charge in [-0.2, -0.15) is 0 Å². The fourth-order valence-electron chi connectivity index (χ4n) is 3.95. The third-order valence-corrected chi connectivity index (χ3v) is 5.59. The molecule has 1 aromatic carbocycles. The van der Waals surface area contributed by atoms with Crippen LogP contribution in [0, 0.1) is 6.92 Å². The standard InChI is InChI=1S/C24H36N4O3/c1-5-25-24(26-13-12-19-9-11-22(29-3)23(16-19)30-4)27-17-20(28-14-6-7-15-28)21-10-8-18(2)31-21/h8-11,16,20H,5-7,12-15,17H2,1-4H3,(H2,25,26,27). The summed E-state index contributed by atoms with van der Waals surface area (Å²) >= 11 is 0. The zero-order valence-electron chi connectivity index (χ0n) is 19.2. The van der Waals surface area contributed by atoms with Crippen LogP contribution in [0.2, 0.25) is 0 Å². The summed E-state index contributed by atoms with van der Waals surface area (Å²) in [5.41, 5.74) is 1.18. The van der Waals surface area contributed by atoms with Gasteiger partial charge >= 0.3 is 0 Å². The fourth-order valence-corrected chi connectivity index (χ4v) is 3.95. The van der Waals surface area contributed by atoms with E-state index in [1.54, 1.807) is 14.2 Å². The molecule has 0 spiro atoms. The summed E-state index contributed by atoms with van der Waals surface area (Å²) in [5.74, 6) is 4.28. The second kappa shape index (κ2) is 11.6. The molecule has 0 saturated carbocycles. The SMILES string of the molecule is CCNC(=NCC(c1ccc(C)o1)N1CCCC1)NCCc1ccc(OC)c(OC)c1. The van der Waals surface area contributed by atoms with Crippen molar-refractivity contribution in [2.45, 2.75) is 39.2 Å². The molecule has 2 heterocycles. The second-order valence-corrected chi connectivity index (χ2v) is 7.79. The highest BCUT2D eigenvalue weighted by molar-refractivity contribution is 5.79. The average Bonchev–Trinajstić information content (AvgIpc) is 3.46. The molecule has 0 amide bonds. The van der Waals surface area contributed by atoms with E-state index in [4.69, 9.17) is 18.9 Å². The predicted molar refractivity (Wildman–Crippen MR) is 124 cm³/mol. The number of aliphatic imine (C=N–C) groups is 1. The first-order chi connectivity index (χ1) is 15.1. The monoisotopic (exact) mass is 428 g/mol. The first-order valence-corrected chi connectivity index (χ1v) is 11.2. The lowest BCUT2D eigenvalue weighted by Crippen LogP contribution is -2.39. The van der Waals surface area contributed by atoms with Crippen molar-refractivity contribution in [3.63, 3.8) is 0 Å². The number of methoxy groups -OCH3 is 2. The Labute approximate surface area is 185 Å². The van der Waals surface area contributed by atoms with Crippen molar-refractivity contribution < 1.29 is 13.9 Å². The van der Waals surface area contributed by atoms with E-state index in [2.05, 4.69) is 34.6 Å². The minimum absolute atomic E-state index is 0.178. The summed E-state index contributed by atoms with van der Waals surface area (Å²) in [6.07, 6.45) is 3.34. The number of hydrogen-bond donors (Lipinski definition) is 2. The molecule has 31 heavy (non-hydrogen) atoms. The number of benzene rings is 1. The fraction of sp³-hybridized carbons (Fsp3) is 0.542. The van der Waals surface area contributed by atoms with E-state index in [1.807, 2.05) is 25.1 Å². The van der Waals surface area contributed by atoms with E-state index in [-0.39, 0.29) is 6.04 Å². The Morgan fingerprint density at radius 1 is 1.10 bits per heavy atom. The van der Waals surface area contributed by atoms with Crippen molar-refractivity contribution in [2.75, 3.05) is 46.9 Å². The Balaban J connectivity index is 1.62. The van der Waals surface area contributed by atoms with Crippen LogP contribution in [0.5, 0.6) is 11.5 Å². The van der Waals surface area contributed by atoms with Crippen LogP contribution in [0.1, 0.15) is 42.9 Å². The van der Waals surface area contributed by atoms with E-state index < -0.39 is 0 Å². The van der Waals surface area contributed by atoms with Crippen LogP contribution in [0.4, 0.5) is 0 Å². The Hall–Kier alpha value is -2.67. The Kier molecular flexibility index (Phi) is 8.64. The molecule has 0 radical (unpaired) electrons. The van der Waals surface area contributed by atoms with Gasteiger partial charge in [0.05, 0.1) is 26.8 Å². The van der Waals surface area contributed by atoms with Gasteiger partial charge in [-0.1, -0.05) is 6.07 Å². The zero-order chi connectivity index (χ0) is 22.1. The van der Waals surface area contributed by atoms with E-state index in [9.17, 15) is 0 Å². The van der Waals surface area contributed by atoms with Crippen molar-refractivity contribution in [3.05, 3.63) is 47.4 Å². The molecule has 1 atom stereocenters. The van der Waals surface area contributed by atoms with Gasteiger partial charge in [-0.3, -0.25) is 9.89 Å². The van der Waals surface area contributed by atoms with Crippen molar-refractivity contribution in [1.29, 1.82) is 0 Å². The first-order valence-electron chi connectivity index (χ1n) is 11.2. The molecule has 3 rings (SSSR count). The van der Waals surface area contributed by atoms with Crippen LogP contribution in [0.3, 0.4) is 0 Å². The number of likely N-dealkylation sites (tertiary alicyclic amines) is 1. The summed E-state index contributed by atoms with van der Waals surface area (Å²) in [6.45, 7) is 8.53. The van der Waals surface area contributed by atoms with E-state index in [0.29, 0.717) is 6.54 Å². The molecular formula is C24H36N4O3. The molecule has 0 aliphatic carbocycles. The highest BCUT2D eigenvalue weighted by Crippen LogP contribution is 2.28. The van der Waals surface area contributed by atoms with Gasteiger partial charge in [0.2, 0.25) is 0 Å². The molecule has 7 nitrogen and oxygen atoms in total. The number of ether oxygens (including phenoxy) is 2. The molecular weight excluding hydrogens is 392 g/mol. The summed E-state index contributed by atoms with van der Waals surface area (Å²) in [6, 6.07) is 10.3. The van der Waals surface area contributed by atoms with Gasteiger partial charge in [-0.15, -0.1) is 0 Å². The summed E-state index contributed by atoms with van der Waals surface area (Å²) in [7, 11) is 3.31. The smallest absolute Gasteiger partial charge is 0.191 e. The highest BCUT2D eigenvalue weighted by Gasteiger charge is 2.25.